The van der Waals surface area contributed by atoms with E-state index < -0.39 is 11.1 Å². The zero-order chi connectivity index (χ0) is 17.3. The topological polar surface area (TPSA) is 76.9 Å². The molecule has 0 unspecified atom stereocenters. The molecule has 1 aromatic carbocycles. The Morgan fingerprint density at radius 3 is 1.36 bits per heavy atom. The molecule has 122 valence electrons. The lowest BCUT2D eigenvalue weighted by Gasteiger charge is -2.12. The molecule has 0 bridgehead atoms. The molecule has 0 aliphatic heterocycles. The van der Waals surface area contributed by atoms with E-state index in [1.807, 2.05) is 0 Å². The summed E-state index contributed by atoms with van der Waals surface area (Å²) in [5.41, 5.74) is -1.09. The molecule has 1 aromatic rings. The predicted octanol–water partition coefficient (Wildman–Crippen LogP) is 5.78. The second-order valence-corrected chi connectivity index (χ2v) is 7.66. The fourth-order valence-electron chi connectivity index (χ4n) is 1.47. The molecule has 0 aliphatic rings. The molecule has 0 N–H and O–H groups in total. The first-order chi connectivity index (χ1) is 9.80. The number of azo groups is 2. The molecule has 22 heavy (non-hydrogen) atoms. The highest BCUT2D eigenvalue weighted by atomic mass is 35.5. The summed E-state index contributed by atoms with van der Waals surface area (Å²) in [6.45, 7) is 10.7. The fraction of sp³-hybridized carbons (Fsp3) is 0.571. The number of hydrogen-bond acceptors (Lipinski definition) is 4. The molecular formula is C14H20Cl2N4O2. The lowest BCUT2D eigenvalue weighted by atomic mass is 10.1. The first-order valence-electron chi connectivity index (χ1n) is 6.69. The van der Waals surface area contributed by atoms with Gasteiger partial charge in [-0.05, 0) is 57.8 Å². The van der Waals surface area contributed by atoms with Gasteiger partial charge in [0, 0.05) is 0 Å². The van der Waals surface area contributed by atoms with Gasteiger partial charge in [-0.3, -0.25) is 0 Å². The van der Waals surface area contributed by atoms with E-state index in [9.17, 15) is 10.4 Å². The Hall–Kier alpha value is -1.40. The first-order valence-corrected chi connectivity index (χ1v) is 7.45. The molecular weight excluding hydrogens is 327 g/mol. The summed E-state index contributed by atoms with van der Waals surface area (Å²) in [6.07, 6.45) is 0. The van der Waals surface area contributed by atoms with Crippen LogP contribution in [0.2, 0.25) is 10.0 Å². The molecule has 0 heterocycles. The van der Waals surface area contributed by atoms with E-state index in [1.54, 1.807) is 41.5 Å². The van der Waals surface area contributed by atoms with Gasteiger partial charge in [0.2, 0.25) is 0 Å². The molecule has 6 nitrogen and oxygen atoms in total. The average molecular weight is 347 g/mol. The highest BCUT2D eigenvalue weighted by Gasteiger charge is 2.24. The number of nitrogens with zero attached hydrogens (tertiary/aromatic N) is 4. The van der Waals surface area contributed by atoms with E-state index in [1.165, 1.54) is 12.1 Å². The quantitative estimate of drug-likeness (QED) is 0.386. The maximum Gasteiger partial charge on any atom is 0.269 e. The van der Waals surface area contributed by atoms with Crippen molar-refractivity contribution in [2.24, 2.45) is 10.2 Å². The van der Waals surface area contributed by atoms with Gasteiger partial charge in [-0.2, -0.15) is 0 Å². The lowest BCUT2D eigenvalue weighted by molar-refractivity contribution is -0.457. The SMILES string of the molecule is CC(C)(C)N=[N+]([O-])c1cc([N+]([O-])=NC(C)(C)C)c(Cl)cc1Cl. The van der Waals surface area contributed by atoms with Crippen LogP contribution in [-0.2, 0) is 0 Å². The minimum absolute atomic E-state index is 0.0425. The van der Waals surface area contributed by atoms with Crippen molar-refractivity contribution in [2.45, 2.75) is 52.6 Å². The van der Waals surface area contributed by atoms with Crippen LogP contribution >= 0.6 is 23.2 Å². The van der Waals surface area contributed by atoms with Gasteiger partial charge in [0.05, 0.1) is 6.07 Å². The fourth-order valence-corrected chi connectivity index (χ4v) is 2.00. The van der Waals surface area contributed by atoms with E-state index in [0.717, 1.165) is 0 Å². The van der Waals surface area contributed by atoms with Gasteiger partial charge < -0.3 is 10.4 Å². The minimum atomic E-state index is -0.586. The molecule has 0 spiro atoms. The van der Waals surface area contributed by atoms with E-state index in [0.29, 0.717) is 9.72 Å². The van der Waals surface area contributed by atoms with E-state index in [-0.39, 0.29) is 21.4 Å². The van der Waals surface area contributed by atoms with Crippen LogP contribution in [0.1, 0.15) is 41.5 Å². The first kappa shape index (κ1) is 18.6. The smallest absolute Gasteiger partial charge is 0.269 e. The number of halogens is 2. The zero-order valence-electron chi connectivity index (χ0n) is 13.5. The van der Waals surface area contributed by atoms with Crippen molar-refractivity contribution < 1.29 is 9.72 Å². The second-order valence-electron chi connectivity index (χ2n) is 6.84. The van der Waals surface area contributed by atoms with Gasteiger partial charge in [0.1, 0.15) is 21.1 Å². The van der Waals surface area contributed by atoms with Crippen molar-refractivity contribution in [1.82, 2.24) is 0 Å². The van der Waals surface area contributed by atoms with Crippen LogP contribution in [0.3, 0.4) is 0 Å². The third kappa shape index (κ3) is 5.42. The van der Waals surface area contributed by atoms with Crippen molar-refractivity contribution in [3.05, 3.63) is 32.6 Å². The zero-order valence-corrected chi connectivity index (χ0v) is 15.0. The van der Waals surface area contributed by atoms with Gasteiger partial charge in [-0.15, -0.1) is 0 Å². The van der Waals surface area contributed by atoms with Crippen LogP contribution in [0.4, 0.5) is 11.4 Å². The van der Waals surface area contributed by atoms with Crippen LogP contribution < -0.4 is 0 Å². The number of benzene rings is 1. The Balaban J connectivity index is 3.44. The van der Waals surface area contributed by atoms with E-state index in [2.05, 4.69) is 10.2 Å². The Morgan fingerprint density at radius 2 is 1.09 bits per heavy atom. The molecule has 0 saturated carbocycles. The molecule has 0 radical (unpaired) electrons. The molecule has 8 heteroatoms. The predicted molar refractivity (Wildman–Crippen MR) is 87.4 cm³/mol. The molecule has 0 fully saturated rings. The van der Waals surface area contributed by atoms with Gasteiger partial charge in [0.15, 0.2) is 0 Å². The summed E-state index contributed by atoms with van der Waals surface area (Å²) < 4.78 is 0. The van der Waals surface area contributed by atoms with Crippen LogP contribution in [-0.4, -0.2) is 20.8 Å². The van der Waals surface area contributed by atoms with Crippen molar-refractivity contribution in [1.29, 1.82) is 0 Å². The number of hydrogen-bond donors (Lipinski definition) is 0. The van der Waals surface area contributed by atoms with Crippen molar-refractivity contribution in [3.8, 4) is 0 Å². The summed E-state index contributed by atoms with van der Waals surface area (Å²) in [5.74, 6) is 0. The standard InChI is InChI=1S/C14H20Cl2N4O2/c1-13(2,3)17-19(21)11-8-12(10(16)7-9(11)15)20(22)18-14(4,5)6/h7-8H,1-6H3. The minimum Gasteiger partial charge on any atom is -0.594 e. The summed E-state index contributed by atoms with van der Waals surface area (Å²) in [5, 5.41) is 32.4. The van der Waals surface area contributed by atoms with Crippen molar-refractivity contribution in [3.63, 3.8) is 0 Å². The monoisotopic (exact) mass is 346 g/mol. The third-order valence-electron chi connectivity index (χ3n) is 2.21. The normalized spacial score (nSPS) is 14.4. The maximum atomic E-state index is 12.1. The van der Waals surface area contributed by atoms with Gasteiger partial charge in [0.25, 0.3) is 11.4 Å². The van der Waals surface area contributed by atoms with Gasteiger partial charge in [-0.1, -0.05) is 32.9 Å². The Kier molecular flexibility index (Phi) is 5.41. The largest absolute Gasteiger partial charge is 0.594 e. The van der Waals surface area contributed by atoms with Crippen LogP contribution in [0.5, 0.6) is 0 Å². The second kappa shape index (κ2) is 6.38. The number of rotatable bonds is 2. The highest BCUT2D eigenvalue weighted by molar-refractivity contribution is 6.37. The van der Waals surface area contributed by atoms with E-state index in [4.69, 9.17) is 23.2 Å². The Labute approximate surface area is 140 Å². The summed E-state index contributed by atoms with van der Waals surface area (Å²) in [7, 11) is 0. The van der Waals surface area contributed by atoms with Crippen molar-refractivity contribution in [2.75, 3.05) is 0 Å². The molecule has 1 rings (SSSR count). The van der Waals surface area contributed by atoms with Gasteiger partial charge in [-0.25, -0.2) is 0 Å². The van der Waals surface area contributed by atoms with E-state index >= 15 is 0 Å². The summed E-state index contributed by atoms with van der Waals surface area (Å²) in [4.78, 5) is 0.792. The molecule has 0 atom stereocenters. The molecule has 0 saturated heterocycles. The lowest BCUT2D eigenvalue weighted by Crippen LogP contribution is -2.14. The van der Waals surface area contributed by atoms with Gasteiger partial charge >= 0.3 is 0 Å². The maximum absolute atomic E-state index is 12.1. The Morgan fingerprint density at radius 1 is 0.773 bits per heavy atom. The summed E-state index contributed by atoms with van der Waals surface area (Å²) in [6, 6.07) is 2.62. The van der Waals surface area contributed by atoms with Crippen LogP contribution in [0.15, 0.2) is 22.4 Å². The van der Waals surface area contributed by atoms with Crippen molar-refractivity contribution >= 4 is 34.6 Å². The highest BCUT2D eigenvalue weighted by Crippen LogP contribution is 2.36. The van der Waals surface area contributed by atoms with Crippen LogP contribution in [0, 0.1) is 10.4 Å². The third-order valence-corrected chi connectivity index (χ3v) is 2.82. The average Bonchev–Trinajstić information content (AvgIpc) is 2.23. The van der Waals surface area contributed by atoms with Crippen LogP contribution in [0.25, 0.3) is 0 Å². The summed E-state index contributed by atoms with van der Waals surface area (Å²) >= 11 is 12.1. The Bertz CT molecular complexity index is 578. The molecule has 0 aromatic heterocycles. The molecule has 0 aliphatic carbocycles. The molecule has 0 amide bonds.